The zero-order chi connectivity index (χ0) is 16.4. The van der Waals surface area contributed by atoms with E-state index in [9.17, 15) is 18.5 Å². The second-order valence-electron chi connectivity index (χ2n) is 5.82. The number of para-hydroxylation sites is 1. The third-order valence-electron chi connectivity index (χ3n) is 4.47. The van der Waals surface area contributed by atoms with E-state index in [2.05, 4.69) is 10.2 Å². The highest BCUT2D eigenvalue weighted by atomic mass is 32.2. The lowest BCUT2D eigenvalue weighted by Crippen LogP contribution is -2.49. The topological polar surface area (TPSA) is 95.8 Å². The summed E-state index contributed by atoms with van der Waals surface area (Å²) < 4.78 is 26.9. The minimum absolute atomic E-state index is 0.189. The summed E-state index contributed by atoms with van der Waals surface area (Å²) in [5, 5.41) is 14.4. The van der Waals surface area contributed by atoms with E-state index in [1.807, 2.05) is 0 Å². The zero-order valence-electron chi connectivity index (χ0n) is 12.7. The van der Waals surface area contributed by atoms with Crippen LogP contribution in [0.5, 0.6) is 0 Å². The first kappa shape index (κ1) is 16.3. The van der Waals surface area contributed by atoms with Crippen molar-refractivity contribution in [3.63, 3.8) is 0 Å². The Bertz CT molecular complexity index is 688. The number of hydrogen-bond donors (Lipinski definition) is 1. The Hall–Kier alpha value is -1.55. The number of rotatable bonds is 4. The molecular formula is C14H20N4O4S. The van der Waals surface area contributed by atoms with Crippen LogP contribution in [0.15, 0.2) is 29.2 Å². The van der Waals surface area contributed by atoms with E-state index in [1.54, 1.807) is 0 Å². The maximum atomic E-state index is 12.8. The standard InChI is InChI=1S/C14H20N4O4S/c19-18(20)13-3-1-2-4-14(13)23(21,22)17-8-5-12(11-17)16-9-6-15-7-10-16/h1-4,12,15H,5-11H2. The minimum Gasteiger partial charge on any atom is -0.314 e. The van der Waals surface area contributed by atoms with Crippen molar-refractivity contribution < 1.29 is 13.3 Å². The van der Waals surface area contributed by atoms with Crippen LogP contribution in [-0.2, 0) is 10.0 Å². The Morgan fingerprint density at radius 2 is 1.87 bits per heavy atom. The number of piperazine rings is 1. The van der Waals surface area contributed by atoms with E-state index < -0.39 is 14.9 Å². The van der Waals surface area contributed by atoms with Gasteiger partial charge in [0.2, 0.25) is 10.0 Å². The van der Waals surface area contributed by atoms with Crippen LogP contribution in [0.4, 0.5) is 5.69 Å². The summed E-state index contributed by atoms with van der Waals surface area (Å²) in [5.41, 5.74) is -0.363. The van der Waals surface area contributed by atoms with E-state index in [0.29, 0.717) is 13.1 Å². The third-order valence-corrected chi connectivity index (χ3v) is 6.39. The van der Waals surface area contributed by atoms with Gasteiger partial charge in [-0.15, -0.1) is 0 Å². The maximum absolute atomic E-state index is 12.8. The lowest BCUT2D eigenvalue weighted by molar-refractivity contribution is -0.387. The molecule has 1 aromatic carbocycles. The molecule has 0 spiro atoms. The third kappa shape index (κ3) is 3.23. The van der Waals surface area contributed by atoms with Crippen LogP contribution < -0.4 is 5.32 Å². The van der Waals surface area contributed by atoms with Crippen molar-refractivity contribution in [2.75, 3.05) is 39.3 Å². The van der Waals surface area contributed by atoms with E-state index in [-0.39, 0.29) is 16.6 Å². The predicted octanol–water partition coefficient (Wildman–Crippen LogP) is 0.263. The number of nitrogens with zero attached hydrogens (tertiary/aromatic N) is 3. The second-order valence-corrected chi connectivity index (χ2v) is 7.72. The van der Waals surface area contributed by atoms with Crippen molar-refractivity contribution in [1.29, 1.82) is 0 Å². The molecule has 1 N–H and O–H groups in total. The van der Waals surface area contributed by atoms with Gasteiger partial charge in [-0.2, -0.15) is 4.31 Å². The highest BCUT2D eigenvalue weighted by Crippen LogP contribution is 2.29. The lowest BCUT2D eigenvalue weighted by atomic mass is 10.2. The molecule has 2 aliphatic heterocycles. The fourth-order valence-electron chi connectivity index (χ4n) is 3.24. The summed E-state index contributed by atoms with van der Waals surface area (Å²) in [6.45, 7) is 4.44. The quantitative estimate of drug-likeness (QED) is 0.624. The Morgan fingerprint density at radius 3 is 2.57 bits per heavy atom. The van der Waals surface area contributed by atoms with Gasteiger partial charge in [0.05, 0.1) is 4.92 Å². The average molecular weight is 340 g/mol. The van der Waals surface area contributed by atoms with Crippen molar-refractivity contribution in [3.05, 3.63) is 34.4 Å². The zero-order valence-corrected chi connectivity index (χ0v) is 13.5. The first-order valence-corrected chi connectivity index (χ1v) is 9.12. The van der Waals surface area contributed by atoms with E-state index in [4.69, 9.17) is 0 Å². The molecule has 2 saturated heterocycles. The van der Waals surface area contributed by atoms with Gasteiger partial charge in [0.1, 0.15) is 0 Å². The van der Waals surface area contributed by atoms with Gasteiger partial charge in [-0.3, -0.25) is 15.0 Å². The van der Waals surface area contributed by atoms with Gasteiger partial charge in [-0.1, -0.05) is 12.1 Å². The predicted molar refractivity (Wildman–Crippen MR) is 84.7 cm³/mol. The summed E-state index contributed by atoms with van der Waals surface area (Å²) in [6, 6.07) is 5.73. The molecule has 23 heavy (non-hydrogen) atoms. The molecule has 126 valence electrons. The number of sulfonamides is 1. The molecule has 0 radical (unpaired) electrons. The van der Waals surface area contributed by atoms with Crippen LogP contribution in [0.2, 0.25) is 0 Å². The van der Waals surface area contributed by atoms with Crippen LogP contribution in [-0.4, -0.2) is 67.9 Å². The first-order chi connectivity index (χ1) is 11.0. The Labute approximate surface area is 135 Å². The van der Waals surface area contributed by atoms with Crippen LogP contribution in [0, 0.1) is 10.1 Å². The molecule has 2 aliphatic rings. The minimum atomic E-state index is -3.84. The monoisotopic (exact) mass is 340 g/mol. The molecule has 0 amide bonds. The number of hydrogen-bond acceptors (Lipinski definition) is 6. The van der Waals surface area contributed by atoms with E-state index in [0.717, 1.165) is 32.6 Å². The van der Waals surface area contributed by atoms with E-state index >= 15 is 0 Å². The molecule has 1 atom stereocenters. The molecule has 2 heterocycles. The fraction of sp³-hybridized carbons (Fsp3) is 0.571. The van der Waals surface area contributed by atoms with Crippen LogP contribution in [0.1, 0.15) is 6.42 Å². The smallest absolute Gasteiger partial charge is 0.289 e. The van der Waals surface area contributed by atoms with Gasteiger partial charge < -0.3 is 5.32 Å². The van der Waals surface area contributed by atoms with Crippen LogP contribution >= 0.6 is 0 Å². The summed E-state index contributed by atoms with van der Waals surface area (Å²) in [4.78, 5) is 12.5. The van der Waals surface area contributed by atoms with Crippen molar-refractivity contribution in [1.82, 2.24) is 14.5 Å². The highest BCUT2D eigenvalue weighted by molar-refractivity contribution is 7.89. The molecule has 1 aromatic rings. The Morgan fingerprint density at radius 1 is 1.17 bits per heavy atom. The highest BCUT2D eigenvalue weighted by Gasteiger charge is 2.38. The normalized spacial score (nSPS) is 23.9. The summed E-state index contributed by atoms with van der Waals surface area (Å²) in [7, 11) is -3.84. The molecule has 0 aromatic heterocycles. The SMILES string of the molecule is O=[N+]([O-])c1ccccc1S(=O)(=O)N1CCC(N2CCNCC2)C1. The summed E-state index contributed by atoms with van der Waals surface area (Å²) in [5.74, 6) is 0. The number of nitrogens with one attached hydrogen (secondary N) is 1. The fourth-order valence-corrected chi connectivity index (χ4v) is 4.89. The average Bonchev–Trinajstić information content (AvgIpc) is 3.06. The van der Waals surface area contributed by atoms with Crippen molar-refractivity contribution in [2.24, 2.45) is 0 Å². The van der Waals surface area contributed by atoms with Gasteiger partial charge in [-0.05, 0) is 12.5 Å². The molecule has 0 saturated carbocycles. The van der Waals surface area contributed by atoms with Crippen LogP contribution in [0.3, 0.4) is 0 Å². The summed E-state index contributed by atoms with van der Waals surface area (Å²) >= 11 is 0. The van der Waals surface area contributed by atoms with Crippen LogP contribution in [0.25, 0.3) is 0 Å². The largest absolute Gasteiger partial charge is 0.314 e. The molecule has 2 fully saturated rings. The second kappa shape index (κ2) is 6.52. The lowest BCUT2D eigenvalue weighted by Gasteiger charge is -2.32. The number of nitro benzene ring substituents is 1. The molecule has 0 aliphatic carbocycles. The van der Waals surface area contributed by atoms with Crippen molar-refractivity contribution in [2.45, 2.75) is 17.4 Å². The van der Waals surface area contributed by atoms with Gasteiger partial charge in [0.15, 0.2) is 4.90 Å². The maximum Gasteiger partial charge on any atom is 0.289 e. The molecule has 9 heteroatoms. The molecule has 0 bridgehead atoms. The van der Waals surface area contributed by atoms with Crippen molar-refractivity contribution >= 4 is 15.7 Å². The first-order valence-electron chi connectivity index (χ1n) is 7.68. The van der Waals surface area contributed by atoms with Gasteiger partial charge in [0, 0.05) is 51.4 Å². The van der Waals surface area contributed by atoms with Gasteiger partial charge in [-0.25, -0.2) is 8.42 Å². The van der Waals surface area contributed by atoms with Crippen molar-refractivity contribution in [3.8, 4) is 0 Å². The molecule has 3 rings (SSSR count). The number of nitro groups is 1. The Balaban J connectivity index is 1.80. The number of benzene rings is 1. The Kier molecular flexibility index (Phi) is 4.62. The summed E-state index contributed by atoms with van der Waals surface area (Å²) in [6.07, 6.45) is 0.764. The van der Waals surface area contributed by atoms with E-state index in [1.165, 1.54) is 28.6 Å². The molecule has 1 unspecified atom stereocenters. The molecular weight excluding hydrogens is 320 g/mol. The van der Waals surface area contributed by atoms with Gasteiger partial charge in [0.25, 0.3) is 5.69 Å². The molecule has 8 nitrogen and oxygen atoms in total. The van der Waals surface area contributed by atoms with Gasteiger partial charge >= 0.3 is 0 Å².